The minimum atomic E-state index is -4.75. The van der Waals surface area contributed by atoms with Gasteiger partial charge in [-0.15, -0.1) is 0 Å². The first-order valence-corrected chi connectivity index (χ1v) is 7.08. The topological polar surface area (TPSA) is 113 Å². The maximum atomic E-state index is 12.4. The molecule has 4 N–H and O–H groups in total. The Labute approximate surface area is 123 Å². The van der Waals surface area contributed by atoms with E-state index in [0.29, 0.717) is 5.75 Å². The molecule has 122 valence electrons. The molecule has 0 aliphatic heterocycles. The maximum Gasteiger partial charge on any atom is 0.406 e. The molecule has 0 fully saturated rings. The molecule has 0 spiro atoms. The summed E-state index contributed by atoms with van der Waals surface area (Å²) in [6.07, 6.45) is -3.00. The summed E-state index contributed by atoms with van der Waals surface area (Å²) in [6, 6.07) is -2.37. The lowest BCUT2D eigenvalue weighted by Gasteiger charge is -2.27. The summed E-state index contributed by atoms with van der Waals surface area (Å²) in [6.45, 7) is -2.83. The van der Waals surface area contributed by atoms with Crippen molar-refractivity contribution in [3.63, 3.8) is 0 Å². The third kappa shape index (κ3) is 9.00. The molecule has 0 rings (SSSR count). The number of amides is 3. The number of carboxylic acid groups (broad SMARTS) is 1. The van der Waals surface area contributed by atoms with E-state index in [-0.39, 0.29) is 11.3 Å². The van der Waals surface area contributed by atoms with Crippen molar-refractivity contribution in [2.75, 3.05) is 25.1 Å². The van der Waals surface area contributed by atoms with Crippen molar-refractivity contribution < 1.29 is 32.7 Å². The normalized spacial score (nSPS) is 12.6. The number of rotatable bonds is 8. The van der Waals surface area contributed by atoms with Crippen LogP contribution in [-0.2, 0) is 9.59 Å². The molecule has 0 saturated heterocycles. The molecule has 11 heteroatoms. The van der Waals surface area contributed by atoms with Gasteiger partial charge >= 0.3 is 18.2 Å². The summed E-state index contributed by atoms with van der Waals surface area (Å²) in [5, 5.41) is 10.6. The van der Waals surface area contributed by atoms with E-state index in [0.717, 1.165) is 0 Å². The van der Waals surface area contributed by atoms with E-state index < -0.39 is 43.2 Å². The number of carbonyl (C=O) groups excluding carboxylic acids is 2. The number of halogens is 3. The molecule has 3 amide bonds. The van der Waals surface area contributed by atoms with Crippen LogP contribution in [-0.4, -0.2) is 65.2 Å². The van der Waals surface area contributed by atoms with Crippen molar-refractivity contribution in [2.45, 2.75) is 18.6 Å². The molecule has 1 unspecified atom stereocenters. The number of nitrogens with two attached hydrogens (primary N) is 1. The first-order valence-electron chi connectivity index (χ1n) is 5.69. The van der Waals surface area contributed by atoms with Crippen LogP contribution in [0.5, 0.6) is 0 Å². The Bertz CT molecular complexity index is 392. The molecule has 0 aromatic carbocycles. The Morgan fingerprint density at radius 2 is 1.95 bits per heavy atom. The number of hydrogen-bond donors (Lipinski definition) is 3. The zero-order valence-corrected chi connectivity index (χ0v) is 12.0. The van der Waals surface area contributed by atoms with Gasteiger partial charge in [0.15, 0.2) is 0 Å². The lowest BCUT2D eigenvalue weighted by Crippen LogP contribution is -2.53. The van der Waals surface area contributed by atoms with Crippen molar-refractivity contribution in [3.8, 4) is 0 Å². The number of urea groups is 1. The number of nitrogens with zero attached hydrogens (tertiary/aromatic N) is 1. The zero-order chi connectivity index (χ0) is 16.6. The number of nitrogens with one attached hydrogen (secondary N) is 1. The van der Waals surface area contributed by atoms with E-state index in [4.69, 9.17) is 10.8 Å². The van der Waals surface area contributed by atoms with Crippen LogP contribution in [0.3, 0.4) is 0 Å². The Morgan fingerprint density at radius 3 is 2.33 bits per heavy atom. The van der Waals surface area contributed by atoms with Gasteiger partial charge in [0.05, 0.1) is 0 Å². The molecule has 0 aromatic rings. The fourth-order valence-corrected chi connectivity index (χ4v) is 1.95. The Morgan fingerprint density at radius 1 is 1.38 bits per heavy atom. The average molecular weight is 331 g/mol. The van der Waals surface area contributed by atoms with Gasteiger partial charge in [-0.2, -0.15) is 24.9 Å². The van der Waals surface area contributed by atoms with Crippen LogP contribution in [0.4, 0.5) is 18.0 Å². The highest BCUT2D eigenvalue weighted by molar-refractivity contribution is 7.98. The summed E-state index contributed by atoms with van der Waals surface area (Å²) in [7, 11) is 0. The minimum absolute atomic E-state index is 0.0386. The fraction of sp³-hybridized carbons (Fsp3) is 0.700. The van der Waals surface area contributed by atoms with Gasteiger partial charge in [0, 0.05) is 0 Å². The number of thioether (sulfide) groups is 1. The summed E-state index contributed by atoms with van der Waals surface area (Å²) in [5.41, 5.74) is 4.87. The van der Waals surface area contributed by atoms with Crippen LogP contribution in [0, 0.1) is 0 Å². The predicted molar refractivity (Wildman–Crippen MR) is 69.8 cm³/mol. The molecule has 1 atom stereocenters. The quantitative estimate of drug-likeness (QED) is 0.590. The van der Waals surface area contributed by atoms with Crippen molar-refractivity contribution in [3.05, 3.63) is 0 Å². The summed E-state index contributed by atoms with van der Waals surface area (Å²) in [4.78, 5) is 33.5. The second kappa shape index (κ2) is 8.60. The van der Waals surface area contributed by atoms with Gasteiger partial charge in [-0.25, -0.2) is 4.79 Å². The number of aliphatic carboxylic acids is 1. The zero-order valence-electron chi connectivity index (χ0n) is 11.1. The molecule has 0 heterocycles. The smallest absolute Gasteiger partial charge is 0.406 e. The van der Waals surface area contributed by atoms with Crippen LogP contribution in [0.25, 0.3) is 0 Å². The molecule has 0 bridgehead atoms. The van der Waals surface area contributed by atoms with E-state index in [1.807, 2.05) is 5.32 Å². The summed E-state index contributed by atoms with van der Waals surface area (Å²) < 4.78 is 37.2. The SMILES string of the molecule is CSCCC(NC(N)=O)C(=O)N(CC(=O)O)CC(F)(F)F. The lowest BCUT2D eigenvalue weighted by atomic mass is 10.2. The second-order valence-corrected chi connectivity index (χ2v) is 5.03. The van der Waals surface area contributed by atoms with Crippen LogP contribution in [0.1, 0.15) is 6.42 Å². The van der Waals surface area contributed by atoms with Gasteiger partial charge in [-0.05, 0) is 18.4 Å². The van der Waals surface area contributed by atoms with Crippen molar-refractivity contribution >= 4 is 29.7 Å². The van der Waals surface area contributed by atoms with E-state index in [9.17, 15) is 27.6 Å². The predicted octanol–water partition coefficient (Wildman–Crippen LogP) is 0.252. The fourth-order valence-electron chi connectivity index (χ4n) is 1.48. The van der Waals surface area contributed by atoms with E-state index >= 15 is 0 Å². The number of carboxylic acids is 1. The first-order chi connectivity index (χ1) is 9.56. The van der Waals surface area contributed by atoms with Gasteiger partial charge in [0.2, 0.25) is 5.91 Å². The average Bonchev–Trinajstić information content (AvgIpc) is 2.30. The van der Waals surface area contributed by atoms with Gasteiger partial charge in [0.25, 0.3) is 0 Å². The van der Waals surface area contributed by atoms with E-state index in [2.05, 4.69) is 0 Å². The molecule has 21 heavy (non-hydrogen) atoms. The van der Waals surface area contributed by atoms with Crippen molar-refractivity contribution in [1.29, 1.82) is 0 Å². The van der Waals surface area contributed by atoms with Gasteiger partial charge < -0.3 is 21.1 Å². The maximum absolute atomic E-state index is 12.4. The summed E-state index contributed by atoms with van der Waals surface area (Å²) in [5.74, 6) is -2.35. The largest absolute Gasteiger partial charge is 0.480 e. The van der Waals surface area contributed by atoms with Crippen LogP contribution in [0.15, 0.2) is 0 Å². The highest BCUT2D eigenvalue weighted by Gasteiger charge is 2.36. The molecule has 0 aromatic heterocycles. The second-order valence-electron chi connectivity index (χ2n) is 4.05. The van der Waals surface area contributed by atoms with Crippen molar-refractivity contribution in [2.24, 2.45) is 5.73 Å². The Hall–Kier alpha value is -1.65. The van der Waals surface area contributed by atoms with Crippen molar-refractivity contribution in [1.82, 2.24) is 10.2 Å². The monoisotopic (exact) mass is 331 g/mol. The lowest BCUT2D eigenvalue weighted by molar-refractivity contribution is -0.166. The van der Waals surface area contributed by atoms with Gasteiger partial charge in [-0.1, -0.05) is 0 Å². The van der Waals surface area contributed by atoms with Crippen LogP contribution >= 0.6 is 11.8 Å². The standard InChI is InChI=1S/C10H16F3N3O4S/c1-21-3-2-6(15-9(14)20)8(19)16(4-7(17)18)5-10(11,12)13/h6H,2-5H2,1H3,(H,17,18)(H3,14,15,20). The molecule has 0 aliphatic rings. The summed E-state index contributed by atoms with van der Waals surface area (Å²) >= 11 is 1.31. The number of alkyl halides is 3. The number of hydrogen-bond acceptors (Lipinski definition) is 4. The van der Waals surface area contributed by atoms with Crippen LogP contribution < -0.4 is 11.1 Å². The third-order valence-electron chi connectivity index (χ3n) is 2.23. The molecular formula is C10H16F3N3O4S. The molecule has 0 aliphatic carbocycles. The van der Waals surface area contributed by atoms with Gasteiger partial charge in [-0.3, -0.25) is 9.59 Å². The minimum Gasteiger partial charge on any atom is -0.480 e. The first kappa shape index (κ1) is 19.4. The van der Waals surface area contributed by atoms with E-state index in [1.165, 1.54) is 11.8 Å². The number of primary amides is 1. The molecule has 0 radical (unpaired) electrons. The highest BCUT2D eigenvalue weighted by Crippen LogP contribution is 2.17. The highest BCUT2D eigenvalue weighted by atomic mass is 32.2. The molecule has 7 nitrogen and oxygen atoms in total. The number of carbonyl (C=O) groups is 3. The Kier molecular flexibility index (Phi) is 7.92. The van der Waals surface area contributed by atoms with E-state index in [1.54, 1.807) is 6.26 Å². The molecule has 0 saturated carbocycles. The van der Waals surface area contributed by atoms with Gasteiger partial charge in [0.1, 0.15) is 19.1 Å². The third-order valence-corrected chi connectivity index (χ3v) is 2.88. The Balaban J connectivity index is 5.06. The molecular weight excluding hydrogens is 315 g/mol. The van der Waals surface area contributed by atoms with Crippen LogP contribution in [0.2, 0.25) is 0 Å².